The second-order valence-electron chi connectivity index (χ2n) is 9.75. The summed E-state index contributed by atoms with van der Waals surface area (Å²) in [6.07, 6.45) is 9.17. The van der Waals surface area contributed by atoms with Gasteiger partial charge in [-0.15, -0.1) is 0 Å². The van der Waals surface area contributed by atoms with Gasteiger partial charge >= 0.3 is 12.1 Å². The highest BCUT2D eigenvalue weighted by atomic mass is 16.6. The van der Waals surface area contributed by atoms with Crippen LogP contribution >= 0.6 is 0 Å². The Morgan fingerprint density at radius 3 is 2.67 bits per heavy atom. The number of β-amino-alcohol motifs (C(OH)–C–C–N with tert-alkyl or cyclic N) is 1. The number of ether oxygens (including phenoxy) is 1. The lowest BCUT2D eigenvalue weighted by Crippen LogP contribution is -2.49. The number of rotatable bonds is 9. The lowest BCUT2D eigenvalue weighted by molar-refractivity contribution is -0.145. The number of carboxylic acids is 1. The quantitative estimate of drug-likeness (QED) is 0.541. The van der Waals surface area contributed by atoms with E-state index in [0.717, 1.165) is 64.7 Å². The van der Waals surface area contributed by atoms with Gasteiger partial charge in [0.05, 0.1) is 18.6 Å². The number of amides is 1. The molecule has 3 aliphatic heterocycles. The molecule has 1 amide bonds. The molecular weight excluding hydrogens is 424 g/mol. The molecule has 9 heteroatoms. The van der Waals surface area contributed by atoms with Crippen molar-refractivity contribution < 1.29 is 24.5 Å². The van der Waals surface area contributed by atoms with Crippen molar-refractivity contribution in [3.63, 3.8) is 0 Å². The van der Waals surface area contributed by atoms with Gasteiger partial charge in [-0.3, -0.25) is 9.78 Å². The highest BCUT2D eigenvalue weighted by Gasteiger charge is 2.38. The topological polar surface area (TPSA) is 106 Å². The van der Waals surface area contributed by atoms with Crippen LogP contribution in [0.15, 0.2) is 24.5 Å². The molecular formula is C24H36N4O5. The lowest BCUT2D eigenvalue weighted by Gasteiger charge is -2.38. The number of anilines is 1. The largest absolute Gasteiger partial charge is 0.481 e. The summed E-state index contributed by atoms with van der Waals surface area (Å²) in [5.41, 5.74) is 0.0684. The third kappa shape index (κ3) is 6.35. The molecule has 0 saturated carbocycles. The molecule has 3 fully saturated rings. The molecule has 0 aliphatic carbocycles. The van der Waals surface area contributed by atoms with Crippen LogP contribution in [0.4, 0.5) is 10.5 Å². The molecule has 2 unspecified atom stereocenters. The first-order chi connectivity index (χ1) is 15.9. The number of hydrogen-bond donors (Lipinski definition) is 2. The van der Waals surface area contributed by atoms with Crippen LogP contribution in [0.25, 0.3) is 0 Å². The summed E-state index contributed by atoms with van der Waals surface area (Å²) in [6, 6.07) is 4.29. The Morgan fingerprint density at radius 2 is 1.94 bits per heavy atom. The van der Waals surface area contributed by atoms with Crippen molar-refractivity contribution in [3.8, 4) is 0 Å². The van der Waals surface area contributed by atoms with E-state index < -0.39 is 11.6 Å². The number of carbonyl (C=O) groups is 2. The lowest BCUT2D eigenvalue weighted by atomic mass is 9.89. The minimum atomic E-state index is -1.11. The highest BCUT2D eigenvalue weighted by Crippen LogP contribution is 2.27. The fourth-order valence-electron chi connectivity index (χ4n) is 5.51. The van der Waals surface area contributed by atoms with Crippen LogP contribution in [0.3, 0.4) is 0 Å². The molecule has 0 radical (unpaired) electrons. The Balaban J connectivity index is 1.15. The summed E-state index contributed by atoms with van der Waals surface area (Å²) in [6.45, 7) is 4.66. The average Bonchev–Trinajstić information content (AvgIpc) is 3.17. The predicted molar refractivity (Wildman–Crippen MR) is 123 cm³/mol. The number of aromatic nitrogens is 1. The second kappa shape index (κ2) is 10.7. The number of hydrogen-bond acceptors (Lipinski definition) is 7. The number of carbonyl (C=O) groups excluding carboxylic acids is 1. The fraction of sp³-hybridized carbons (Fsp3) is 0.708. The molecule has 0 bridgehead atoms. The molecule has 0 aromatic carbocycles. The van der Waals surface area contributed by atoms with E-state index in [0.29, 0.717) is 19.5 Å². The van der Waals surface area contributed by atoms with Crippen molar-refractivity contribution in [2.75, 3.05) is 44.2 Å². The van der Waals surface area contributed by atoms with Gasteiger partial charge in [-0.25, -0.2) is 4.79 Å². The molecule has 182 valence electrons. The zero-order valence-electron chi connectivity index (χ0n) is 19.3. The molecule has 0 spiro atoms. The summed E-state index contributed by atoms with van der Waals surface area (Å²) in [4.78, 5) is 34.0. The number of aliphatic carboxylic acids is 1. The summed E-state index contributed by atoms with van der Waals surface area (Å²) in [5, 5.41) is 19.5. The smallest absolute Gasteiger partial charge is 0.410 e. The van der Waals surface area contributed by atoms with Gasteiger partial charge in [0.25, 0.3) is 0 Å². The Bertz CT molecular complexity index is 801. The maximum atomic E-state index is 12.5. The maximum absolute atomic E-state index is 12.5. The SMILES string of the molecule is O=C(O)CC1(O)CCCN(CCCCC2CN(C3CCN(c4ccncc4)CC3)C(=O)O2)C1. The summed E-state index contributed by atoms with van der Waals surface area (Å²) >= 11 is 0. The van der Waals surface area contributed by atoms with Crippen LogP contribution in [0.5, 0.6) is 0 Å². The zero-order chi connectivity index (χ0) is 23.3. The standard InChI is InChI=1S/C24H36N4O5/c29-22(30)16-24(32)9-3-13-26(18-24)12-2-1-4-21-17-28(23(31)33-21)20-7-14-27(15-8-20)19-5-10-25-11-6-19/h5-6,10-11,20-21,32H,1-4,7-9,12-18H2,(H,29,30). The normalized spacial score (nSPS) is 27.1. The summed E-state index contributed by atoms with van der Waals surface area (Å²) in [7, 11) is 0. The molecule has 2 atom stereocenters. The van der Waals surface area contributed by atoms with Gasteiger partial charge < -0.3 is 29.6 Å². The van der Waals surface area contributed by atoms with Crippen LogP contribution in [-0.2, 0) is 9.53 Å². The van der Waals surface area contributed by atoms with E-state index in [2.05, 4.69) is 14.8 Å². The van der Waals surface area contributed by atoms with Gasteiger partial charge in [0.15, 0.2) is 0 Å². The average molecular weight is 461 g/mol. The minimum Gasteiger partial charge on any atom is -0.481 e. The van der Waals surface area contributed by atoms with Gasteiger partial charge in [0.2, 0.25) is 0 Å². The van der Waals surface area contributed by atoms with E-state index in [-0.39, 0.29) is 24.7 Å². The molecule has 3 saturated heterocycles. The predicted octanol–water partition coefficient (Wildman–Crippen LogP) is 2.34. The van der Waals surface area contributed by atoms with E-state index in [9.17, 15) is 14.7 Å². The number of likely N-dealkylation sites (tertiary alicyclic amines) is 1. The van der Waals surface area contributed by atoms with Crippen molar-refractivity contribution in [2.45, 2.75) is 69.1 Å². The molecule has 4 heterocycles. The number of pyridine rings is 1. The number of carboxylic acid groups (broad SMARTS) is 1. The van der Waals surface area contributed by atoms with E-state index in [1.54, 1.807) is 0 Å². The van der Waals surface area contributed by atoms with Gasteiger partial charge in [0.1, 0.15) is 6.10 Å². The Labute approximate surface area is 195 Å². The van der Waals surface area contributed by atoms with Gasteiger partial charge in [-0.2, -0.15) is 0 Å². The monoisotopic (exact) mass is 460 g/mol. The Kier molecular flexibility index (Phi) is 7.70. The Morgan fingerprint density at radius 1 is 1.18 bits per heavy atom. The minimum absolute atomic E-state index is 0.0546. The summed E-state index contributed by atoms with van der Waals surface area (Å²) < 4.78 is 5.65. The number of nitrogens with zero attached hydrogens (tertiary/aromatic N) is 4. The number of cyclic esters (lactones) is 1. The first-order valence-electron chi connectivity index (χ1n) is 12.2. The number of piperidine rings is 2. The van der Waals surface area contributed by atoms with E-state index >= 15 is 0 Å². The fourth-order valence-corrected chi connectivity index (χ4v) is 5.51. The number of aliphatic hydroxyl groups is 1. The maximum Gasteiger partial charge on any atom is 0.410 e. The van der Waals surface area contributed by atoms with Crippen molar-refractivity contribution >= 4 is 17.7 Å². The Hall–Kier alpha value is -2.39. The molecule has 3 aliphatic rings. The highest BCUT2D eigenvalue weighted by molar-refractivity contribution is 5.70. The van der Waals surface area contributed by atoms with Crippen LogP contribution < -0.4 is 4.90 Å². The van der Waals surface area contributed by atoms with Crippen LogP contribution in [0.1, 0.15) is 51.4 Å². The first kappa shape index (κ1) is 23.8. The van der Waals surface area contributed by atoms with E-state index in [1.807, 2.05) is 29.4 Å². The van der Waals surface area contributed by atoms with Gasteiger partial charge in [0, 0.05) is 43.8 Å². The molecule has 33 heavy (non-hydrogen) atoms. The first-order valence-corrected chi connectivity index (χ1v) is 12.2. The van der Waals surface area contributed by atoms with Crippen molar-refractivity contribution in [1.82, 2.24) is 14.8 Å². The van der Waals surface area contributed by atoms with Crippen molar-refractivity contribution in [2.24, 2.45) is 0 Å². The van der Waals surface area contributed by atoms with Crippen LogP contribution in [0, 0.1) is 0 Å². The zero-order valence-corrected chi connectivity index (χ0v) is 19.3. The second-order valence-corrected chi connectivity index (χ2v) is 9.75. The van der Waals surface area contributed by atoms with Gasteiger partial charge in [-0.05, 0) is 70.2 Å². The van der Waals surface area contributed by atoms with Crippen LogP contribution in [-0.4, -0.2) is 94.1 Å². The molecule has 4 rings (SSSR count). The molecule has 9 nitrogen and oxygen atoms in total. The molecule has 2 N–H and O–H groups in total. The third-order valence-electron chi connectivity index (χ3n) is 7.20. The third-order valence-corrected chi connectivity index (χ3v) is 7.20. The van der Waals surface area contributed by atoms with Gasteiger partial charge in [-0.1, -0.05) is 0 Å². The summed E-state index contributed by atoms with van der Waals surface area (Å²) in [5.74, 6) is -0.949. The number of unbranched alkanes of at least 4 members (excludes halogenated alkanes) is 1. The van der Waals surface area contributed by atoms with E-state index in [4.69, 9.17) is 9.84 Å². The van der Waals surface area contributed by atoms with Crippen molar-refractivity contribution in [1.29, 1.82) is 0 Å². The van der Waals surface area contributed by atoms with E-state index in [1.165, 1.54) is 5.69 Å². The molecule has 1 aromatic rings. The van der Waals surface area contributed by atoms with Crippen LogP contribution in [0.2, 0.25) is 0 Å². The molecule has 1 aromatic heterocycles. The van der Waals surface area contributed by atoms with Crippen molar-refractivity contribution in [3.05, 3.63) is 24.5 Å².